The lowest BCUT2D eigenvalue weighted by molar-refractivity contribution is -0.123. The molecule has 0 bridgehead atoms. The number of likely N-dealkylation sites (tertiary alicyclic amines) is 1. The summed E-state index contributed by atoms with van der Waals surface area (Å²) in [6.45, 7) is 8.05. The number of nitrogens with zero attached hydrogens (tertiary/aromatic N) is 2. The van der Waals surface area contributed by atoms with Crippen LogP contribution in [0.1, 0.15) is 70.2 Å². The Bertz CT molecular complexity index is 801. The first-order chi connectivity index (χ1) is 14.3. The zero-order valence-corrected chi connectivity index (χ0v) is 18.4. The van der Waals surface area contributed by atoms with Crippen LogP contribution in [-0.2, 0) is 11.3 Å². The number of nitrogens with one attached hydrogen (secondary N) is 1. The quantitative estimate of drug-likeness (QED) is 0.676. The molecule has 30 heavy (non-hydrogen) atoms. The van der Waals surface area contributed by atoms with Crippen molar-refractivity contribution in [2.45, 2.75) is 71.5 Å². The van der Waals surface area contributed by atoms with Gasteiger partial charge in [-0.25, -0.2) is 4.39 Å². The van der Waals surface area contributed by atoms with E-state index in [2.05, 4.69) is 36.0 Å². The second kappa shape index (κ2) is 10.2. The molecule has 1 fully saturated rings. The highest BCUT2D eigenvalue weighted by atomic mass is 19.1. The third-order valence-corrected chi connectivity index (χ3v) is 5.63. The van der Waals surface area contributed by atoms with E-state index in [1.807, 2.05) is 30.3 Å². The number of piperidine rings is 1. The molecule has 0 saturated carbocycles. The third-order valence-electron chi connectivity index (χ3n) is 5.63. The molecule has 0 radical (unpaired) electrons. The van der Waals surface area contributed by atoms with Crippen molar-refractivity contribution in [3.05, 3.63) is 65.7 Å². The normalized spacial score (nSPS) is 18.7. The summed E-state index contributed by atoms with van der Waals surface area (Å²) in [5.74, 6) is -0.134. The van der Waals surface area contributed by atoms with Gasteiger partial charge in [-0.05, 0) is 61.1 Å². The number of hydrogen-bond donors (Lipinski definition) is 1. The predicted octanol–water partition coefficient (Wildman–Crippen LogP) is 5.26. The summed E-state index contributed by atoms with van der Waals surface area (Å²) < 4.78 is 13.3. The van der Waals surface area contributed by atoms with Gasteiger partial charge < -0.3 is 5.32 Å². The lowest BCUT2D eigenvalue weighted by Gasteiger charge is -2.38. The molecule has 0 unspecified atom stereocenters. The fourth-order valence-corrected chi connectivity index (χ4v) is 4.19. The van der Waals surface area contributed by atoms with Crippen LogP contribution in [0.4, 0.5) is 4.39 Å². The van der Waals surface area contributed by atoms with Crippen LogP contribution in [-0.4, -0.2) is 28.4 Å². The van der Waals surface area contributed by atoms with Gasteiger partial charge in [-0.2, -0.15) is 0 Å². The number of hydrogen-bond acceptors (Lipinski definition) is 3. The number of aromatic nitrogens is 1. The summed E-state index contributed by atoms with van der Waals surface area (Å²) in [4.78, 5) is 19.7. The molecule has 0 spiro atoms. The monoisotopic (exact) mass is 411 g/mol. The minimum atomic E-state index is -0.203. The Morgan fingerprint density at radius 1 is 1.20 bits per heavy atom. The number of halogens is 1. The fraction of sp³-hybridized carbons (Fsp3) is 0.520. The minimum Gasteiger partial charge on any atom is -0.348 e. The molecule has 1 aromatic carbocycles. The maximum Gasteiger partial charge on any atom is 0.221 e. The number of rotatable bonds is 7. The molecule has 1 saturated heterocycles. The van der Waals surface area contributed by atoms with Crippen LogP contribution in [0.15, 0.2) is 48.7 Å². The molecular formula is C25H34FN3O. The van der Waals surface area contributed by atoms with E-state index < -0.39 is 0 Å². The molecule has 1 aliphatic rings. The molecule has 1 amide bonds. The average Bonchev–Trinajstić information content (AvgIpc) is 2.70. The molecule has 2 aromatic rings. The molecular weight excluding hydrogens is 377 g/mol. The summed E-state index contributed by atoms with van der Waals surface area (Å²) in [6.07, 6.45) is 6.56. The molecule has 1 N–H and O–H groups in total. The molecule has 1 aliphatic heterocycles. The Labute approximate surface area is 179 Å². The molecule has 1 aromatic heterocycles. The van der Waals surface area contributed by atoms with Crippen molar-refractivity contribution >= 4 is 5.91 Å². The summed E-state index contributed by atoms with van der Waals surface area (Å²) in [7, 11) is 0. The fourth-order valence-electron chi connectivity index (χ4n) is 4.19. The van der Waals surface area contributed by atoms with Crippen molar-refractivity contribution < 1.29 is 9.18 Å². The Kier molecular flexibility index (Phi) is 7.59. The van der Waals surface area contributed by atoms with E-state index in [1.165, 1.54) is 25.0 Å². The molecule has 162 valence electrons. The van der Waals surface area contributed by atoms with Gasteiger partial charge in [0.2, 0.25) is 5.91 Å². The van der Waals surface area contributed by atoms with Crippen LogP contribution in [0.25, 0.3) is 0 Å². The topological polar surface area (TPSA) is 45.2 Å². The van der Waals surface area contributed by atoms with E-state index in [0.717, 1.165) is 37.2 Å². The Morgan fingerprint density at radius 2 is 1.97 bits per heavy atom. The highest BCUT2D eigenvalue weighted by Gasteiger charge is 2.28. The first kappa shape index (κ1) is 22.4. The van der Waals surface area contributed by atoms with Gasteiger partial charge in [-0.3, -0.25) is 14.7 Å². The lowest BCUT2D eigenvalue weighted by atomic mass is 9.90. The Balaban J connectivity index is 1.73. The number of benzene rings is 1. The van der Waals surface area contributed by atoms with Gasteiger partial charge in [0.05, 0.1) is 11.7 Å². The molecule has 3 rings (SSSR count). The van der Waals surface area contributed by atoms with Gasteiger partial charge in [0.1, 0.15) is 5.82 Å². The van der Waals surface area contributed by atoms with Crippen LogP contribution in [0.2, 0.25) is 0 Å². The van der Waals surface area contributed by atoms with E-state index in [9.17, 15) is 9.18 Å². The molecule has 4 nitrogen and oxygen atoms in total. The smallest absolute Gasteiger partial charge is 0.221 e. The van der Waals surface area contributed by atoms with Crippen molar-refractivity contribution in [3.63, 3.8) is 0 Å². The Morgan fingerprint density at radius 3 is 2.63 bits per heavy atom. The van der Waals surface area contributed by atoms with Crippen LogP contribution < -0.4 is 5.32 Å². The van der Waals surface area contributed by atoms with Gasteiger partial charge in [-0.1, -0.05) is 45.4 Å². The van der Waals surface area contributed by atoms with Crippen molar-refractivity contribution in [1.82, 2.24) is 15.2 Å². The van der Waals surface area contributed by atoms with Gasteiger partial charge in [0.15, 0.2) is 0 Å². The lowest BCUT2D eigenvalue weighted by Crippen LogP contribution is -2.42. The number of pyridine rings is 1. The highest BCUT2D eigenvalue weighted by Crippen LogP contribution is 2.28. The minimum absolute atomic E-state index is 0.0573. The van der Waals surface area contributed by atoms with Crippen molar-refractivity contribution in [1.29, 1.82) is 0 Å². The van der Waals surface area contributed by atoms with E-state index in [0.29, 0.717) is 12.5 Å². The van der Waals surface area contributed by atoms with Crippen LogP contribution in [0.5, 0.6) is 0 Å². The second-order valence-electron chi connectivity index (χ2n) is 9.59. The largest absolute Gasteiger partial charge is 0.348 e. The van der Waals surface area contributed by atoms with Gasteiger partial charge in [-0.15, -0.1) is 0 Å². The SMILES string of the molecule is CC(C)(C)CC(=O)N[C@H](C[C@@H]1CCCCN1Cc1ccc(F)cc1)c1ccccn1. The molecule has 2 heterocycles. The highest BCUT2D eigenvalue weighted by molar-refractivity contribution is 5.77. The number of carbonyl (C=O) groups is 1. The summed E-state index contributed by atoms with van der Waals surface area (Å²) in [5, 5.41) is 3.25. The van der Waals surface area contributed by atoms with Crippen LogP contribution in [0.3, 0.4) is 0 Å². The summed E-state index contributed by atoms with van der Waals surface area (Å²) >= 11 is 0. The number of carbonyl (C=O) groups excluding carboxylic acids is 1. The molecule has 2 atom stereocenters. The van der Waals surface area contributed by atoms with Gasteiger partial charge in [0, 0.05) is 25.2 Å². The van der Waals surface area contributed by atoms with Crippen LogP contribution >= 0.6 is 0 Å². The average molecular weight is 412 g/mol. The first-order valence-electron chi connectivity index (χ1n) is 11.0. The Hall–Kier alpha value is -2.27. The molecule has 5 heteroatoms. The van der Waals surface area contributed by atoms with Gasteiger partial charge >= 0.3 is 0 Å². The van der Waals surface area contributed by atoms with E-state index in [4.69, 9.17) is 0 Å². The maximum atomic E-state index is 13.3. The van der Waals surface area contributed by atoms with Crippen molar-refractivity contribution in [2.24, 2.45) is 5.41 Å². The number of amides is 1. The standard InChI is InChI=1S/C25H34FN3O/c1-25(2,3)17-24(30)28-23(22-9-4-6-14-27-22)16-21-8-5-7-15-29(21)18-19-10-12-20(26)13-11-19/h4,6,9-14,21,23H,5,7-8,15-18H2,1-3H3,(H,28,30)/t21-,23+/m0/s1. The van der Waals surface area contributed by atoms with E-state index in [1.54, 1.807) is 6.20 Å². The zero-order valence-electron chi connectivity index (χ0n) is 18.4. The van der Waals surface area contributed by atoms with E-state index >= 15 is 0 Å². The molecule has 0 aliphatic carbocycles. The van der Waals surface area contributed by atoms with Crippen molar-refractivity contribution in [3.8, 4) is 0 Å². The van der Waals surface area contributed by atoms with E-state index in [-0.39, 0.29) is 23.2 Å². The van der Waals surface area contributed by atoms with Gasteiger partial charge in [0.25, 0.3) is 0 Å². The van der Waals surface area contributed by atoms with Crippen LogP contribution in [0, 0.1) is 11.2 Å². The second-order valence-corrected chi connectivity index (χ2v) is 9.59. The maximum absolute atomic E-state index is 13.3. The third kappa shape index (κ3) is 6.91. The predicted molar refractivity (Wildman–Crippen MR) is 118 cm³/mol. The first-order valence-corrected chi connectivity index (χ1v) is 11.0. The van der Waals surface area contributed by atoms with Crippen molar-refractivity contribution in [2.75, 3.05) is 6.54 Å². The zero-order chi connectivity index (χ0) is 21.6. The summed E-state index contributed by atoms with van der Waals surface area (Å²) in [5.41, 5.74) is 1.97. The summed E-state index contributed by atoms with van der Waals surface area (Å²) in [6, 6.07) is 12.9.